The Kier molecular flexibility index (Phi) is 4.28. The molecule has 0 saturated heterocycles. The van der Waals surface area contributed by atoms with E-state index in [9.17, 15) is 0 Å². The van der Waals surface area contributed by atoms with E-state index in [0.717, 1.165) is 22.8 Å². The molecule has 3 aromatic rings. The van der Waals surface area contributed by atoms with Crippen LogP contribution in [0.1, 0.15) is 36.6 Å². The molecule has 128 valence electrons. The SMILES string of the molecule is CCOc1ccc([C@@H]2C[C@H](c3ccc(Cl)cc3)n3nnnc3N2)cc1. The van der Waals surface area contributed by atoms with Gasteiger partial charge in [-0.15, -0.1) is 0 Å². The molecule has 0 bridgehead atoms. The number of tetrazole rings is 1. The summed E-state index contributed by atoms with van der Waals surface area (Å²) in [7, 11) is 0. The number of aromatic nitrogens is 4. The van der Waals surface area contributed by atoms with E-state index in [1.165, 1.54) is 5.56 Å². The average Bonchev–Trinajstić information content (AvgIpc) is 3.11. The van der Waals surface area contributed by atoms with Crippen molar-refractivity contribution in [1.82, 2.24) is 20.2 Å². The van der Waals surface area contributed by atoms with Crippen molar-refractivity contribution in [2.45, 2.75) is 25.4 Å². The third kappa shape index (κ3) is 3.17. The summed E-state index contributed by atoms with van der Waals surface area (Å²) in [6.07, 6.45) is 0.841. The van der Waals surface area contributed by atoms with Crippen LogP contribution in [0.5, 0.6) is 5.75 Å². The Morgan fingerprint density at radius 1 is 1.12 bits per heavy atom. The highest BCUT2D eigenvalue weighted by atomic mass is 35.5. The lowest BCUT2D eigenvalue weighted by atomic mass is 9.93. The standard InChI is InChI=1S/C18H18ClN5O/c1-2-25-15-9-5-12(6-10-15)16-11-17(13-3-7-14(19)8-4-13)24-18(20-16)21-22-23-24/h3-10,16-17H,2,11H2,1H3,(H,20,21,23)/t16-,17+/m0/s1. The van der Waals surface area contributed by atoms with Gasteiger partial charge in [0.1, 0.15) is 5.75 Å². The van der Waals surface area contributed by atoms with Gasteiger partial charge in [0.05, 0.1) is 18.7 Å². The maximum atomic E-state index is 6.02. The number of rotatable bonds is 4. The summed E-state index contributed by atoms with van der Waals surface area (Å²) in [5.74, 6) is 1.55. The topological polar surface area (TPSA) is 64.9 Å². The molecule has 25 heavy (non-hydrogen) atoms. The summed E-state index contributed by atoms with van der Waals surface area (Å²) in [5.41, 5.74) is 2.31. The molecule has 2 atom stereocenters. The molecule has 4 rings (SSSR count). The number of hydrogen-bond acceptors (Lipinski definition) is 5. The van der Waals surface area contributed by atoms with Gasteiger partial charge in [-0.2, -0.15) is 0 Å². The average molecular weight is 356 g/mol. The van der Waals surface area contributed by atoms with Crippen LogP contribution in [0.15, 0.2) is 48.5 Å². The fraction of sp³-hybridized carbons (Fsp3) is 0.278. The van der Waals surface area contributed by atoms with E-state index in [0.29, 0.717) is 12.6 Å². The monoisotopic (exact) mass is 355 g/mol. The lowest BCUT2D eigenvalue weighted by Crippen LogP contribution is -2.28. The summed E-state index contributed by atoms with van der Waals surface area (Å²) < 4.78 is 7.35. The van der Waals surface area contributed by atoms with Crippen LogP contribution >= 0.6 is 11.6 Å². The van der Waals surface area contributed by atoms with Crippen molar-refractivity contribution in [3.63, 3.8) is 0 Å². The maximum Gasteiger partial charge on any atom is 0.243 e. The third-order valence-corrected chi connectivity index (χ3v) is 4.65. The summed E-state index contributed by atoms with van der Waals surface area (Å²) in [5, 5.41) is 16.2. The van der Waals surface area contributed by atoms with Crippen LogP contribution in [0, 0.1) is 0 Å². The molecule has 0 amide bonds. The lowest BCUT2D eigenvalue weighted by Gasteiger charge is -2.31. The van der Waals surface area contributed by atoms with E-state index in [1.54, 1.807) is 0 Å². The third-order valence-electron chi connectivity index (χ3n) is 4.40. The van der Waals surface area contributed by atoms with Crippen molar-refractivity contribution < 1.29 is 4.74 Å². The van der Waals surface area contributed by atoms with Crippen molar-refractivity contribution in [3.05, 3.63) is 64.7 Å². The fourth-order valence-corrected chi connectivity index (χ4v) is 3.31. The number of fused-ring (bicyclic) bond motifs is 1. The van der Waals surface area contributed by atoms with E-state index >= 15 is 0 Å². The Morgan fingerprint density at radius 3 is 2.56 bits per heavy atom. The molecule has 1 aromatic heterocycles. The van der Waals surface area contributed by atoms with Crippen LogP contribution in [0.3, 0.4) is 0 Å². The minimum atomic E-state index is 0.0556. The second-order valence-electron chi connectivity index (χ2n) is 5.95. The zero-order valence-electron chi connectivity index (χ0n) is 13.8. The lowest BCUT2D eigenvalue weighted by molar-refractivity contribution is 0.340. The first-order valence-electron chi connectivity index (χ1n) is 8.27. The molecular weight excluding hydrogens is 338 g/mol. The number of nitrogens with zero attached hydrogens (tertiary/aromatic N) is 4. The Hall–Kier alpha value is -2.60. The van der Waals surface area contributed by atoms with Crippen LogP contribution in [-0.4, -0.2) is 26.8 Å². The highest BCUT2D eigenvalue weighted by molar-refractivity contribution is 6.30. The Bertz CT molecular complexity index is 847. The minimum absolute atomic E-state index is 0.0556. The first kappa shape index (κ1) is 15.9. The molecule has 0 radical (unpaired) electrons. The van der Waals surface area contributed by atoms with E-state index in [-0.39, 0.29) is 12.1 Å². The van der Waals surface area contributed by atoms with Gasteiger partial charge in [-0.05, 0) is 59.2 Å². The molecule has 0 saturated carbocycles. The summed E-state index contributed by atoms with van der Waals surface area (Å²) in [6.45, 7) is 2.64. The highest BCUT2D eigenvalue weighted by Gasteiger charge is 2.30. The number of anilines is 1. The Morgan fingerprint density at radius 2 is 1.84 bits per heavy atom. The number of nitrogens with one attached hydrogen (secondary N) is 1. The van der Waals surface area contributed by atoms with Gasteiger partial charge < -0.3 is 10.1 Å². The van der Waals surface area contributed by atoms with Crippen LogP contribution in [0.25, 0.3) is 0 Å². The van der Waals surface area contributed by atoms with Crippen LogP contribution in [0.2, 0.25) is 5.02 Å². The first-order chi connectivity index (χ1) is 12.2. The predicted octanol–water partition coefficient (Wildman–Crippen LogP) is 3.87. The molecule has 1 N–H and O–H groups in total. The largest absolute Gasteiger partial charge is 0.494 e. The summed E-state index contributed by atoms with van der Waals surface area (Å²) in [4.78, 5) is 0. The Balaban J connectivity index is 1.64. The van der Waals surface area contributed by atoms with E-state index < -0.39 is 0 Å². The Labute approximate surface area is 150 Å². The molecule has 7 heteroatoms. The number of ether oxygens (including phenoxy) is 1. The number of benzene rings is 2. The maximum absolute atomic E-state index is 6.02. The molecule has 2 heterocycles. The molecule has 0 spiro atoms. The quantitative estimate of drug-likeness (QED) is 0.769. The summed E-state index contributed by atoms with van der Waals surface area (Å²) in [6, 6.07) is 16.2. The molecule has 0 fully saturated rings. The van der Waals surface area contributed by atoms with Crippen molar-refractivity contribution in [2.75, 3.05) is 11.9 Å². The molecule has 6 nitrogen and oxygen atoms in total. The van der Waals surface area contributed by atoms with Crippen molar-refractivity contribution in [2.24, 2.45) is 0 Å². The van der Waals surface area contributed by atoms with Crippen LogP contribution < -0.4 is 10.1 Å². The van der Waals surface area contributed by atoms with Crippen molar-refractivity contribution in [1.29, 1.82) is 0 Å². The number of hydrogen-bond donors (Lipinski definition) is 1. The van der Waals surface area contributed by atoms with Gasteiger partial charge in [0.25, 0.3) is 0 Å². The van der Waals surface area contributed by atoms with E-state index in [2.05, 4.69) is 33.0 Å². The molecule has 0 aliphatic carbocycles. The minimum Gasteiger partial charge on any atom is -0.494 e. The molecule has 1 aliphatic rings. The second kappa shape index (κ2) is 6.72. The van der Waals surface area contributed by atoms with Gasteiger partial charge in [-0.3, -0.25) is 0 Å². The summed E-state index contributed by atoms with van der Waals surface area (Å²) >= 11 is 6.02. The zero-order chi connectivity index (χ0) is 17.2. The molecular formula is C18H18ClN5O. The zero-order valence-corrected chi connectivity index (χ0v) is 14.5. The molecule has 1 aliphatic heterocycles. The van der Waals surface area contributed by atoms with Crippen LogP contribution in [0.4, 0.5) is 5.95 Å². The van der Waals surface area contributed by atoms with Gasteiger partial charge in [-0.25, -0.2) is 4.68 Å². The molecule has 0 unspecified atom stereocenters. The van der Waals surface area contributed by atoms with Crippen molar-refractivity contribution >= 4 is 17.5 Å². The fourth-order valence-electron chi connectivity index (χ4n) is 3.18. The predicted molar refractivity (Wildman–Crippen MR) is 96.0 cm³/mol. The van der Waals surface area contributed by atoms with Gasteiger partial charge in [0.2, 0.25) is 5.95 Å². The number of halogens is 1. The molecule has 2 aromatic carbocycles. The highest BCUT2D eigenvalue weighted by Crippen LogP contribution is 2.37. The smallest absolute Gasteiger partial charge is 0.243 e. The van der Waals surface area contributed by atoms with Crippen molar-refractivity contribution in [3.8, 4) is 5.75 Å². The van der Waals surface area contributed by atoms with Gasteiger partial charge in [-0.1, -0.05) is 41.0 Å². The van der Waals surface area contributed by atoms with Crippen LogP contribution in [-0.2, 0) is 0 Å². The second-order valence-corrected chi connectivity index (χ2v) is 6.39. The first-order valence-corrected chi connectivity index (χ1v) is 8.65. The normalized spacial score (nSPS) is 19.1. The van der Waals surface area contributed by atoms with Gasteiger partial charge in [0, 0.05) is 5.02 Å². The van der Waals surface area contributed by atoms with E-state index in [1.807, 2.05) is 48.0 Å². The van der Waals surface area contributed by atoms with Gasteiger partial charge >= 0.3 is 0 Å². The van der Waals surface area contributed by atoms with E-state index in [4.69, 9.17) is 16.3 Å². The van der Waals surface area contributed by atoms with Gasteiger partial charge in [0.15, 0.2) is 0 Å².